The first-order valence-corrected chi connectivity index (χ1v) is 12.2. The number of halogens is 2. The third-order valence-corrected chi connectivity index (χ3v) is 5.80. The van der Waals surface area contributed by atoms with Crippen LogP contribution in [0.25, 0.3) is 0 Å². The van der Waals surface area contributed by atoms with Gasteiger partial charge in [-0.2, -0.15) is 0 Å². The summed E-state index contributed by atoms with van der Waals surface area (Å²) in [5, 5.41) is 5.48. The van der Waals surface area contributed by atoms with Gasteiger partial charge in [0.25, 0.3) is 0 Å². The molecule has 0 saturated heterocycles. The van der Waals surface area contributed by atoms with E-state index in [1.165, 1.54) is 36.4 Å². The van der Waals surface area contributed by atoms with E-state index in [1.54, 1.807) is 21.9 Å². The summed E-state index contributed by atoms with van der Waals surface area (Å²) in [6.45, 7) is 0.957. The Kier molecular flexibility index (Phi) is 9.02. The minimum absolute atomic E-state index is 0.194. The zero-order chi connectivity index (χ0) is 26.7. The van der Waals surface area contributed by atoms with E-state index in [1.807, 2.05) is 60.7 Å². The van der Waals surface area contributed by atoms with Gasteiger partial charge in [0, 0.05) is 37.6 Å². The van der Waals surface area contributed by atoms with Crippen LogP contribution in [0.3, 0.4) is 0 Å². The van der Waals surface area contributed by atoms with Crippen LogP contribution in [-0.2, 0) is 13.1 Å². The van der Waals surface area contributed by atoms with Crippen LogP contribution >= 0.6 is 0 Å². The van der Waals surface area contributed by atoms with Crippen molar-refractivity contribution in [2.24, 2.45) is 0 Å². The highest BCUT2D eigenvalue weighted by Crippen LogP contribution is 2.15. The molecule has 38 heavy (non-hydrogen) atoms. The molecule has 0 radical (unpaired) electrons. The van der Waals surface area contributed by atoms with Crippen LogP contribution in [0.4, 0.5) is 29.7 Å². The summed E-state index contributed by atoms with van der Waals surface area (Å²) in [6, 6.07) is 29.4. The van der Waals surface area contributed by atoms with Crippen molar-refractivity contribution in [1.82, 2.24) is 9.80 Å². The third kappa shape index (κ3) is 7.89. The molecule has 0 saturated carbocycles. The van der Waals surface area contributed by atoms with Gasteiger partial charge in [0.1, 0.15) is 11.6 Å². The molecule has 8 heteroatoms. The highest BCUT2D eigenvalue weighted by molar-refractivity contribution is 5.90. The Hall–Kier alpha value is -4.72. The predicted octanol–water partition coefficient (Wildman–Crippen LogP) is 6.73. The standard InChI is InChI=1S/C30H28F2N4O2/c31-25-13-7-15-27(19-25)33-29(37)35(21-23-9-3-1-4-10-23)17-18-36(22-24-11-5-2-6-12-24)30(38)34-28-16-8-14-26(32)20-28/h1-16,19-20H,17-18,21-22H2,(H,33,37)(H,34,38). The molecule has 4 aromatic rings. The SMILES string of the molecule is O=C(Nc1cccc(F)c1)N(CCN(Cc1ccccc1)C(=O)Nc1cccc(F)c1)Cc1ccccc1. The van der Waals surface area contributed by atoms with Gasteiger partial charge in [0.05, 0.1) is 0 Å². The molecule has 0 spiro atoms. The molecule has 0 aliphatic rings. The minimum atomic E-state index is -0.458. The number of hydrogen-bond acceptors (Lipinski definition) is 2. The van der Waals surface area contributed by atoms with Gasteiger partial charge >= 0.3 is 12.1 Å². The van der Waals surface area contributed by atoms with E-state index in [0.29, 0.717) is 11.4 Å². The van der Waals surface area contributed by atoms with Crippen LogP contribution < -0.4 is 10.6 Å². The van der Waals surface area contributed by atoms with Crippen molar-refractivity contribution in [2.75, 3.05) is 23.7 Å². The lowest BCUT2D eigenvalue weighted by Gasteiger charge is -2.28. The lowest BCUT2D eigenvalue weighted by molar-refractivity contribution is 0.185. The van der Waals surface area contributed by atoms with Gasteiger partial charge in [-0.15, -0.1) is 0 Å². The van der Waals surface area contributed by atoms with Gasteiger partial charge in [0.15, 0.2) is 0 Å². The molecule has 0 aliphatic heterocycles. The number of hydrogen-bond donors (Lipinski definition) is 2. The Balaban J connectivity index is 1.52. The first-order chi connectivity index (χ1) is 18.5. The molecule has 0 fully saturated rings. The van der Waals surface area contributed by atoms with Gasteiger partial charge in [-0.05, 0) is 47.5 Å². The Morgan fingerprint density at radius 3 is 1.32 bits per heavy atom. The molecule has 6 nitrogen and oxygen atoms in total. The molecule has 194 valence electrons. The molecule has 4 aromatic carbocycles. The number of rotatable bonds is 9. The fourth-order valence-corrected chi connectivity index (χ4v) is 3.89. The van der Waals surface area contributed by atoms with Crippen LogP contribution in [0.5, 0.6) is 0 Å². The zero-order valence-corrected chi connectivity index (χ0v) is 20.7. The van der Waals surface area contributed by atoms with Crippen molar-refractivity contribution in [2.45, 2.75) is 13.1 Å². The van der Waals surface area contributed by atoms with E-state index in [0.717, 1.165) is 11.1 Å². The Morgan fingerprint density at radius 1 is 0.553 bits per heavy atom. The molecule has 2 N–H and O–H groups in total. The van der Waals surface area contributed by atoms with Crippen molar-refractivity contribution in [1.29, 1.82) is 0 Å². The van der Waals surface area contributed by atoms with E-state index in [4.69, 9.17) is 0 Å². The quantitative estimate of drug-likeness (QED) is 0.260. The highest BCUT2D eigenvalue weighted by Gasteiger charge is 2.20. The number of urea groups is 2. The summed E-state index contributed by atoms with van der Waals surface area (Å²) in [7, 11) is 0. The molecule has 0 bridgehead atoms. The molecule has 0 aliphatic carbocycles. The molecule has 0 unspecified atom stereocenters. The molecule has 4 rings (SSSR count). The highest BCUT2D eigenvalue weighted by atomic mass is 19.1. The van der Waals surface area contributed by atoms with Crippen molar-refractivity contribution in [3.63, 3.8) is 0 Å². The molecular weight excluding hydrogens is 486 g/mol. The molecule has 0 heterocycles. The fourth-order valence-electron chi connectivity index (χ4n) is 3.89. The van der Waals surface area contributed by atoms with E-state index in [9.17, 15) is 18.4 Å². The second-order valence-corrected chi connectivity index (χ2v) is 8.70. The van der Waals surface area contributed by atoms with Gasteiger partial charge in [0.2, 0.25) is 0 Å². The molecule has 4 amide bonds. The zero-order valence-electron chi connectivity index (χ0n) is 20.7. The maximum Gasteiger partial charge on any atom is 0.322 e. The van der Waals surface area contributed by atoms with Gasteiger partial charge in [-0.1, -0.05) is 72.8 Å². The van der Waals surface area contributed by atoms with E-state index >= 15 is 0 Å². The van der Waals surface area contributed by atoms with Crippen molar-refractivity contribution in [3.05, 3.63) is 132 Å². The van der Waals surface area contributed by atoms with Crippen molar-refractivity contribution >= 4 is 23.4 Å². The second-order valence-electron chi connectivity index (χ2n) is 8.70. The third-order valence-electron chi connectivity index (χ3n) is 5.80. The first-order valence-electron chi connectivity index (χ1n) is 12.2. The number of nitrogens with zero attached hydrogens (tertiary/aromatic N) is 2. The van der Waals surface area contributed by atoms with Crippen LogP contribution in [0, 0.1) is 11.6 Å². The normalized spacial score (nSPS) is 10.5. The Bertz CT molecular complexity index is 1250. The summed E-state index contributed by atoms with van der Waals surface area (Å²) in [4.78, 5) is 29.6. The molecular formula is C30H28F2N4O2. The van der Waals surface area contributed by atoms with Crippen LogP contribution in [-0.4, -0.2) is 35.0 Å². The van der Waals surface area contributed by atoms with Crippen LogP contribution in [0.1, 0.15) is 11.1 Å². The van der Waals surface area contributed by atoms with Gasteiger partial charge < -0.3 is 20.4 Å². The summed E-state index contributed by atoms with van der Waals surface area (Å²) >= 11 is 0. The Morgan fingerprint density at radius 2 is 0.947 bits per heavy atom. The number of carbonyl (C=O) groups is 2. The number of amides is 4. The summed E-state index contributed by atoms with van der Waals surface area (Å²) in [5.74, 6) is -0.916. The number of benzene rings is 4. The second kappa shape index (κ2) is 13.0. The molecule has 0 aromatic heterocycles. The van der Waals surface area contributed by atoms with Crippen LogP contribution in [0.2, 0.25) is 0 Å². The number of anilines is 2. The monoisotopic (exact) mass is 514 g/mol. The van der Waals surface area contributed by atoms with E-state index in [2.05, 4.69) is 10.6 Å². The average molecular weight is 515 g/mol. The van der Waals surface area contributed by atoms with Crippen molar-refractivity contribution < 1.29 is 18.4 Å². The summed E-state index contributed by atoms with van der Waals surface area (Å²) in [6.07, 6.45) is 0. The average Bonchev–Trinajstić information content (AvgIpc) is 2.91. The number of carbonyl (C=O) groups excluding carboxylic acids is 2. The lowest BCUT2D eigenvalue weighted by atomic mass is 10.2. The van der Waals surface area contributed by atoms with Gasteiger partial charge in [-0.3, -0.25) is 0 Å². The topological polar surface area (TPSA) is 64.7 Å². The van der Waals surface area contributed by atoms with E-state index < -0.39 is 23.7 Å². The van der Waals surface area contributed by atoms with Crippen LogP contribution in [0.15, 0.2) is 109 Å². The smallest absolute Gasteiger partial charge is 0.318 e. The fraction of sp³-hybridized carbons (Fsp3) is 0.133. The lowest BCUT2D eigenvalue weighted by Crippen LogP contribution is -2.43. The first kappa shape index (κ1) is 26.3. The minimum Gasteiger partial charge on any atom is -0.318 e. The van der Waals surface area contributed by atoms with Gasteiger partial charge in [-0.25, -0.2) is 18.4 Å². The number of nitrogens with one attached hydrogen (secondary N) is 2. The van der Waals surface area contributed by atoms with Crippen molar-refractivity contribution in [3.8, 4) is 0 Å². The maximum absolute atomic E-state index is 13.7. The van der Waals surface area contributed by atoms with E-state index in [-0.39, 0.29) is 26.2 Å². The largest absolute Gasteiger partial charge is 0.322 e. The Labute approximate surface area is 220 Å². The maximum atomic E-state index is 13.7. The predicted molar refractivity (Wildman–Crippen MR) is 145 cm³/mol. The summed E-state index contributed by atoms with van der Waals surface area (Å²) < 4.78 is 27.4. The summed E-state index contributed by atoms with van der Waals surface area (Å²) in [5.41, 5.74) is 2.47. The molecule has 0 atom stereocenters.